The number of ether oxygens (including phenoxy) is 3. The van der Waals surface area contributed by atoms with Crippen LogP contribution in [-0.4, -0.2) is 42.6 Å². The summed E-state index contributed by atoms with van der Waals surface area (Å²) in [7, 11) is -1.20. The highest BCUT2D eigenvalue weighted by molar-refractivity contribution is 7.92. The van der Waals surface area contributed by atoms with Crippen molar-refractivity contribution in [1.82, 2.24) is 19.9 Å². The van der Waals surface area contributed by atoms with E-state index < -0.39 is 10.0 Å². The van der Waals surface area contributed by atoms with E-state index in [-0.39, 0.29) is 39.4 Å². The van der Waals surface area contributed by atoms with Gasteiger partial charge in [-0.2, -0.15) is 4.98 Å². The van der Waals surface area contributed by atoms with Crippen LogP contribution in [0.2, 0.25) is 0 Å². The Labute approximate surface area is 215 Å². The molecule has 11 heteroatoms. The SMILES string of the molecule is COc1ccccc1Oc1c(NS(=O)(=O)c2ccc(C(C)(C)C)cc2)nc(-c2ncccn2)nc1OC. The van der Waals surface area contributed by atoms with E-state index in [1.165, 1.54) is 26.6 Å². The Hall–Kier alpha value is -4.25. The first-order valence-electron chi connectivity index (χ1n) is 11.3. The Balaban J connectivity index is 1.83. The van der Waals surface area contributed by atoms with Crippen LogP contribution >= 0.6 is 0 Å². The maximum absolute atomic E-state index is 13.4. The summed E-state index contributed by atoms with van der Waals surface area (Å²) < 4.78 is 46.2. The van der Waals surface area contributed by atoms with Crippen molar-refractivity contribution in [1.29, 1.82) is 0 Å². The molecule has 192 valence electrons. The molecular weight excluding hydrogens is 494 g/mol. The molecule has 1 N–H and O–H groups in total. The van der Waals surface area contributed by atoms with E-state index in [1.807, 2.05) is 0 Å². The molecule has 0 unspecified atom stereocenters. The molecule has 4 rings (SSSR count). The average Bonchev–Trinajstić information content (AvgIpc) is 2.89. The maximum Gasteiger partial charge on any atom is 0.263 e. The first-order chi connectivity index (χ1) is 17.6. The first kappa shape index (κ1) is 25.8. The van der Waals surface area contributed by atoms with Crippen LogP contribution in [0.5, 0.6) is 23.1 Å². The summed E-state index contributed by atoms with van der Waals surface area (Å²) in [4.78, 5) is 17.1. The van der Waals surface area contributed by atoms with E-state index >= 15 is 0 Å². The van der Waals surface area contributed by atoms with E-state index in [0.717, 1.165) is 5.56 Å². The molecule has 0 saturated carbocycles. The smallest absolute Gasteiger partial charge is 0.263 e. The molecule has 37 heavy (non-hydrogen) atoms. The standard InChI is InChI=1S/C26H27N5O5S/c1-26(2,3)17-11-13-18(14-12-17)37(32,33)31-22-21(36-20-10-7-6-9-19(20)34-4)25(35-5)30-24(29-22)23-27-15-8-16-28-23/h6-16H,1-5H3,(H,29,30,31). The fourth-order valence-corrected chi connectivity index (χ4v) is 4.38. The van der Waals surface area contributed by atoms with Gasteiger partial charge in [0.2, 0.25) is 11.6 Å². The van der Waals surface area contributed by atoms with Crippen LogP contribution < -0.4 is 18.9 Å². The largest absolute Gasteiger partial charge is 0.493 e. The lowest BCUT2D eigenvalue weighted by Crippen LogP contribution is -2.17. The topological polar surface area (TPSA) is 125 Å². The molecular formula is C26H27N5O5S. The molecule has 2 aromatic carbocycles. The van der Waals surface area contributed by atoms with Gasteiger partial charge in [0.1, 0.15) is 0 Å². The van der Waals surface area contributed by atoms with Crippen molar-refractivity contribution in [2.45, 2.75) is 31.1 Å². The number of hydrogen-bond acceptors (Lipinski definition) is 9. The van der Waals surface area contributed by atoms with Crippen molar-refractivity contribution in [2.24, 2.45) is 0 Å². The molecule has 0 fully saturated rings. The zero-order valence-corrected chi connectivity index (χ0v) is 21.9. The Kier molecular flexibility index (Phi) is 7.25. The number of benzene rings is 2. The van der Waals surface area contributed by atoms with Crippen molar-refractivity contribution in [3.63, 3.8) is 0 Å². The number of aromatic nitrogens is 4. The van der Waals surface area contributed by atoms with E-state index in [9.17, 15) is 8.42 Å². The predicted molar refractivity (Wildman–Crippen MR) is 139 cm³/mol. The molecule has 0 aliphatic heterocycles. The van der Waals surface area contributed by atoms with Crippen LogP contribution in [0.4, 0.5) is 5.82 Å². The number of hydrogen-bond donors (Lipinski definition) is 1. The summed E-state index contributed by atoms with van der Waals surface area (Å²) in [6.45, 7) is 6.16. The average molecular weight is 522 g/mol. The van der Waals surface area contributed by atoms with Crippen molar-refractivity contribution in [2.75, 3.05) is 18.9 Å². The molecule has 0 bridgehead atoms. The highest BCUT2D eigenvalue weighted by Crippen LogP contribution is 2.41. The summed E-state index contributed by atoms with van der Waals surface area (Å²) in [5.74, 6) is 0.730. The van der Waals surface area contributed by atoms with E-state index in [1.54, 1.807) is 54.6 Å². The van der Waals surface area contributed by atoms with E-state index in [4.69, 9.17) is 14.2 Å². The molecule has 2 aromatic heterocycles. The van der Waals surface area contributed by atoms with Crippen LogP contribution in [0.15, 0.2) is 71.9 Å². The first-order valence-corrected chi connectivity index (χ1v) is 12.8. The van der Waals surface area contributed by atoms with Gasteiger partial charge in [-0.3, -0.25) is 4.72 Å². The van der Waals surface area contributed by atoms with Crippen molar-refractivity contribution < 1.29 is 22.6 Å². The lowest BCUT2D eigenvalue weighted by atomic mass is 9.87. The Morgan fingerprint density at radius 2 is 1.43 bits per heavy atom. The fraction of sp³-hybridized carbons (Fsp3) is 0.231. The van der Waals surface area contributed by atoms with Crippen LogP contribution in [0, 0.1) is 0 Å². The third-order valence-corrected chi connectivity index (χ3v) is 6.69. The lowest BCUT2D eigenvalue weighted by molar-refractivity contribution is 0.348. The second kappa shape index (κ2) is 10.4. The second-order valence-electron chi connectivity index (χ2n) is 8.94. The Morgan fingerprint density at radius 3 is 2.03 bits per heavy atom. The summed E-state index contributed by atoms with van der Waals surface area (Å²) >= 11 is 0. The summed E-state index contributed by atoms with van der Waals surface area (Å²) in [6.07, 6.45) is 3.05. The number of methoxy groups -OCH3 is 2. The third-order valence-electron chi connectivity index (χ3n) is 5.34. The van der Waals surface area contributed by atoms with Gasteiger partial charge in [-0.1, -0.05) is 45.0 Å². The number of nitrogens with zero attached hydrogens (tertiary/aromatic N) is 4. The molecule has 0 spiro atoms. The lowest BCUT2D eigenvalue weighted by Gasteiger charge is -2.19. The molecule has 0 amide bonds. The van der Waals surface area contributed by atoms with Gasteiger partial charge in [0, 0.05) is 12.4 Å². The van der Waals surface area contributed by atoms with Crippen molar-refractivity contribution >= 4 is 15.8 Å². The van der Waals surface area contributed by atoms with E-state index in [2.05, 4.69) is 45.4 Å². The molecule has 0 aliphatic carbocycles. The Bertz CT molecular complexity index is 1490. The zero-order valence-electron chi connectivity index (χ0n) is 21.1. The number of nitrogens with one attached hydrogen (secondary N) is 1. The highest BCUT2D eigenvalue weighted by atomic mass is 32.2. The molecule has 0 radical (unpaired) electrons. The maximum atomic E-state index is 13.4. The minimum Gasteiger partial charge on any atom is -0.493 e. The second-order valence-corrected chi connectivity index (χ2v) is 10.6. The van der Waals surface area contributed by atoms with E-state index in [0.29, 0.717) is 11.5 Å². The number of rotatable bonds is 8. The molecule has 10 nitrogen and oxygen atoms in total. The molecule has 0 saturated heterocycles. The van der Waals surface area contributed by atoms with Gasteiger partial charge in [0.05, 0.1) is 19.1 Å². The molecule has 0 aliphatic rings. The normalized spacial score (nSPS) is 11.6. The third kappa shape index (κ3) is 5.78. The quantitative estimate of drug-likeness (QED) is 0.346. The van der Waals surface area contributed by atoms with Gasteiger partial charge in [0.25, 0.3) is 15.9 Å². The van der Waals surface area contributed by atoms with Gasteiger partial charge < -0.3 is 14.2 Å². The summed E-state index contributed by atoms with van der Waals surface area (Å²) in [5, 5.41) is 0. The molecule has 2 heterocycles. The van der Waals surface area contributed by atoms with Gasteiger partial charge in [-0.25, -0.2) is 23.4 Å². The van der Waals surface area contributed by atoms with Gasteiger partial charge in [-0.05, 0) is 41.3 Å². The van der Waals surface area contributed by atoms with Crippen LogP contribution in [0.25, 0.3) is 11.6 Å². The molecule has 4 aromatic rings. The van der Waals surface area contributed by atoms with Crippen LogP contribution in [0.3, 0.4) is 0 Å². The van der Waals surface area contributed by atoms with Gasteiger partial charge >= 0.3 is 0 Å². The van der Waals surface area contributed by atoms with Crippen molar-refractivity contribution in [3.05, 3.63) is 72.6 Å². The number of para-hydroxylation sites is 2. The molecule has 0 atom stereocenters. The van der Waals surface area contributed by atoms with Crippen LogP contribution in [0.1, 0.15) is 26.3 Å². The Morgan fingerprint density at radius 1 is 0.784 bits per heavy atom. The van der Waals surface area contributed by atoms with Gasteiger partial charge in [0.15, 0.2) is 23.1 Å². The fourth-order valence-electron chi connectivity index (χ4n) is 3.38. The minimum atomic E-state index is -4.08. The summed E-state index contributed by atoms with van der Waals surface area (Å²) in [6, 6.07) is 15.2. The monoisotopic (exact) mass is 521 g/mol. The number of anilines is 1. The zero-order chi connectivity index (χ0) is 26.6. The highest BCUT2D eigenvalue weighted by Gasteiger charge is 2.26. The number of sulfonamides is 1. The van der Waals surface area contributed by atoms with Crippen LogP contribution in [-0.2, 0) is 15.4 Å². The predicted octanol–water partition coefficient (Wildman–Crippen LogP) is 4.84. The van der Waals surface area contributed by atoms with Gasteiger partial charge in [-0.15, -0.1) is 0 Å². The van der Waals surface area contributed by atoms with Crippen molar-refractivity contribution in [3.8, 4) is 34.8 Å². The summed E-state index contributed by atoms with van der Waals surface area (Å²) in [5.41, 5.74) is 0.870. The minimum absolute atomic E-state index is 0.0239.